The fraction of sp³-hybridized carbons (Fsp3) is 0.0526. The molecule has 9 heteroatoms. The summed E-state index contributed by atoms with van der Waals surface area (Å²) in [5.41, 5.74) is 5.27. The second-order valence-corrected chi connectivity index (χ2v) is 6.50. The number of H-pyrrole nitrogens is 1. The van der Waals surface area contributed by atoms with Crippen LogP contribution in [0.3, 0.4) is 0 Å². The highest BCUT2D eigenvalue weighted by Gasteiger charge is 2.15. The molecule has 0 radical (unpaired) electrons. The molecular weight excluding hydrogens is 354 g/mol. The topological polar surface area (TPSA) is 103 Å². The van der Waals surface area contributed by atoms with Gasteiger partial charge in [0, 0.05) is 28.9 Å². The lowest BCUT2D eigenvalue weighted by Gasteiger charge is -2.07. The summed E-state index contributed by atoms with van der Waals surface area (Å²) >= 11 is 0. The molecule has 0 aliphatic rings. The smallest absolute Gasteiger partial charge is 0.157 e. The van der Waals surface area contributed by atoms with Crippen LogP contribution in [0.25, 0.3) is 44.2 Å². The first-order valence-electron chi connectivity index (χ1n) is 8.71. The van der Waals surface area contributed by atoms with Gasteiger partial charge in [-0.2, -0.15) is 15.3 Å². The molecule has 0 spiro atoms. The minimum absolute atomic E-state index is 0.714. The number of aromatic nitrogens is 9. The summed E-state index contributed by atoms with van der Waals surface area (Å²) in [6, 6.07) is 3.87. The highest BCUT2D eigenvalue weighted by atomic mass is 15.3. The van der Waals surface area contributed by atoms with Crippen molar-refractivity contribution in [2.45, 2.75) is 6.92 Å². The van der Waals surface area contributed by atoms with Crippen LogP contribution in [-0.4, -0.2) is 44.7 Å². The minimum atomic E-state index is 0.714. The third-order valence-electron chi connectivity index (χ3n) is 4.96. The van der Waals surface area contributed by atoms with Crippen molar-refractivity contribution in [1.82, 2.24) is 44.7 Å². The van der Waals surface area contributed by atoms with Crippen molar-refractivity contribution in [3.05, 3.63) is 61.2 Å². The maximum Gasteiger partial charge on any atom is 0.157 e. The zero-order valence-electron chi connectivity index (χ0n) is 14.8. The summed E-state index contributed by atoms with van der Waals surface area (Å²) in [5, 5.41) is 19.0. The van der Waals surface area contributed by atoms with E-state index >= 15 is 0 Å². The number of aromatic amines is 1. The molecule has 0 unspecified atom stereocenters. The SMILES string of the molecule is Cc1nccc2c1cnn2-c1cncc2c1cnn2-c1ccnc2[nH]ncc12. The fourth-order valence-corrected chi connectivity index (χ4v) is 3.59. The summed E-state index contributed by atoms with van der Waals surface area (Å²) in [6.07, 6.45) is 12.5. The van der Waals surface area contributed by atoms with Crippen LogP contribution in [0.2, 0.25) is 0 Å². The molecule has 0 aliphatic carbocycles. The van der Waals surface area contributed by atoms with E-state index in [9.17, 15) is 0 Å². The van der Waals surface area contributed by atoms with Crippen LogP contribution in [0.1, 0.15) is 5.69 Å². The van der Waals surface area contributed by atoms with Crippen LogP contribution in [0.4, 0.5) is 0 Å². The predicted octanol–water partition coefficient (Wildman–Crippen LogP) is 2.73. The molecule has 0 saturated carbocycles. The molecule has 6 aromatic rings. The Morgan fingerprint density at radius 2 is 1.57 bits per heavy atom. The molecule has 0 amide bonds. The third kappa shape index (κ3) is 1.95. The first-order valence-corrected chi connectivity index (χ1v) is 8.71. The van der Waals surface area contributed by atoms with Gasteiger partial charge in [-0.25, -0.2) is 14.3 Å². The zero-order chi connectivity index (χ0) is 18.7. The van der Waals surface area contributed by atoms with E-state index < -0.39 is 0 Å². The molecule has 6 rings (SSSR count). The number of nitrogens with zero attached hydrogens (tertiary/aromatic N) is 8. The molecule has 6 heterocycles. The van der Waals surface area contributed by atoms with E-state index in [1.165, 1.54) is 0 Å². The van der Waals surface area contributed by atoms with E-state index in [0.717, 1.165) is 44.3 Å². The van der Waals surface area contributed by atoms with Gasteiger partial charge in [-0.05, 0) is 19.1 Å². The molecule has 0 fully saturated rings. The molecule has 0 saturated heterocycles. The van der Waals surface area contributed by atoms with Crippen LogP contribution in [0, 0.1) is 6.92 Å². The molecule has 134 valence electrons. The Kier molecular flexibility index (Phi) is 2.90. The van der Waals surface area contributed by atoms with Gasteiger partial charge < -0.3 is 0 Å². The lowest BCUT2D eigenvalue weighted by Crippen LogP contribution is -2.00. The normalized spacial score (nSPS) is 11.8. The lowest BCUT2D eigenvalue weighted by atomic mass is 10.2. The minimum Gasteiger partial charge on any atom is -0.261 e. The monoisotopic (exact) mass is 367 g/mol. The molecule has 0 aromatic carbocycles. The predicted molar refractivity (Wildman–Crippen MR) is 103 cm³/mol. The van der Waals surface area contributed by atoms with Gasteiger partial charge in [0.15, 0.2) is 5.65 Å². The summed E-state index contributed by atoms with van der Waals surface area (Å²) in [7, 11) is 0. The molecule has 28 heavy (non-hydrogen) atoms. The van der Waals surface area contributed by atoms with E-state index in [2.05, 4.69) is 35.3 Å². The maximum atomic E-state index is 4.62. The molecular formula is C19H13N9. The molecule has 0 aliphatic heterocycles. The molecule has 1 N–H and O–H groups in total. The highest BCUT2D eigenvalue weighted by molar-refractivity contribution is 5.93. The number of aryl methyl sites for hydroxylation is 1. The molecule has 9 nitrogen and oxygen atoms in total. The van der Waals surface area contributed by atoms with E-state index in [1.54, 1.807) is 31.0 Å². The Hall–Kier alpha value is -4.14. The molecule has 6 aromatic heterocycles. The summed E-state index contributed by atoms with van der Waals surface area (Å²) in [4.78, 5) is 13.1. The number of hydrogen-bond donors (Lipinski definition) is 1. The van der Waals surface area contributed by atoms with Crippen LogP contribution >= 0.6 is 0 Å². The van der Waals surface area contributed by atoms with Crippen LogP contribution in [-0.2, 0) is 0 Å². The van der Waals surface area contributed by atoms with Crippen LogP contribution in [0.15, 0.2) is 55.5 Å². The lowest BCUT2D eigenvalue weighted by molar-refractivity contribution is 0.907. The Labute approximate surface area is 157 Å². The average Bonchev–Trinajstić information content (AvgIpc) is 3.45. The van der Waals surface area contributed by atoms with Crippen molar-refractivity contribution in [3.63, 3.8) is 0 Å². The number of rotatable bonds is 2. The van der Waals surface area contributed by atoms with E-state index in [-0.39, 0.29) is 0 Å². The number of pyridine rings is 3. The van der Waals surface area contributed by atoms with E-state index in [1.807, 2.05) is 40.8 Å². The summed E-state index contributed by atoms with van der Waals surface area (Å²) in [5.74, 6) is 0. The first kappa shape index (κ1) is 15.0. The first-order chi connectivity index (χ1) is 13.8. The van der Waals surface area contributed by atoms with Gasteiger partial charge in [0.1, 0.15) is 0 Å². The Morgan fingerprint density at radius 1 is 0.750 bits per heavy atom. The Bertz CT molecular complexity index is 1490. The van der Waals surface area contributed by atoms with Crippen molar-refractivity contribution >= 4 is 32.8 Å². The Morgan fingerprint density at radius 3 is 2.50 bits per heavy atom. The molecule has 0 bridgehead atoms. The summed E-state index contributed by atoms with van der Waals surface area (Å²) in [6.45, 7) is 1.98. The maximum absolute atomic E-state index is 4.62. The van der Waals surface area contributed by atoms with Crippen LogP contribution < -0.4 is 0 Å². The number of hydrogen-bond acceptors (Lipinski definition) is 6. The largest absolute Gasteiger partial charge is 0.261 e. The standard InChI is InChI=1S/C19H13N9/c1-11-12-7-24-27(15(12)2-4-21-11)17-9-20-10-18-13(17)8-25-28(18)16-3-5-22-19-14(16)6-23-26-19/h2-10H,1H3,(H,22,23,26). The van der Waals surface area contributed by atoms with Gasteiger partial charge in [0.2, 0.25) is 0 Å². The highest BCUT2D eigenvalue weighted by Crippen LogP contribution is 2.28. The second kappa shape index (κ2) is 5.43. The van der Waals surface area contributed by atoms with Gasteiger partial charge in [0.05, 0.1) is 58.8 Å². The molecule has 0 atom stereocenters. The quantitative estimate of drug-likeness (QED) is 0.505. The third-order valence-corrected chi connectivity index (χ3v) is 4.96. The van der Waals surface area contributed by atoms with Crippen molar-refractivity contribution in [1.29, 1.82) is 0 Å². The van der Waals surface area contributed by atoms with Crippen LogP contribution in [0.5, 0.6) is 0 Å². The van der Waals surface area contributed by atoms with Crippen molar-refractivity contribution in [2.75, 3.05) is 0 Å². The zero-order valence-corrected chi connectivity index (χ0v) is 14.8. The van der Waals surface area contributed by atoms with Gasteiger partial charge in [-0.1, -0.05) is 0 Å². The summed E-state index contributed by atoms with van der Waals surface area (Å²) < 4.78 is 3.73. The van der Waals surface area contributed by atoms with Crippen molar-refractivity contribution in [3.8, 4) is 11.4 Å². The van der Waals surface area contributed by atoms with E-state index in [4.69, 9.17) is 0 Å². The number of nitrogens with one attached hydrogen (secondary N) is 1. The van der Waals surface area contributed by atoms with Gasteiger partial charge in [-0.3, -0.25) is 15.1 Å². The van der Waals surface area contributed by atoms with Gasteiger partial charge >= 0.3 is 0 Å². The average molecular weight is 367 g/mol. The van der Waals surface area contributed by atoms with Gasteiger partial charge in [-0.15, -0.1) is 0 Å². The van der Waals surface area contributed by atoms with Gasteiger partial charge in [0.25, 0.3) is 0 Å². The Balaban J connectivity index is 1.63. The number of fused-ring (bicyclic) bond motifs is 3. The van der Waals surface area contributed by atoms with E-state index in [0.29, 0.717) is 5.65 Å². The van der Waals surface area contributed by atoms with Crippen molar-refractivity contribution < 1.29 is 0 Å². The fourth-order valence-electron chi connectivity index (χ4n) is 3.59. The second-order valence-electron chi connectivity index (χ2n) is 6.50. The van der Waals surface area contributed by atoms with Crippen molar-refractivity contribution in [2.24, 2.45) is 0 Å².